The molecule has 1 heterocycles. The van der Waals surface area contributed by atoms with Gasteiger partial charge >= 0.3 is 0 Å². The zero-order chi connectivity index (χ0) is 15.8. The van der Waals surface area contributed by atoms with Gasteiger partial charge in [-0.25, -0.2) is 4.99 Å². The van der Waals surface area contributed by atoms with E-state index in [1.165, 1.54) is 24.9 Å². The van der Waals surface area contributed by atoms with Crippen LogP contribution in [0.2, 0.25) is 0 Å². The average Bonchev–Trinajstić information content (AvgIpc) is 2.96. The van der Waals surface area contributed by atoms with Gasteiger partial charge in [0.1, 0.15) is 5.75 Å². The summed E-state index contributed by atoms with van der Waals surface area (Å²) >= 11 is 0. The zero-order valence-electron chi connectivity index (χ0n) is 13.9. The number of hydrogen-bond donors (Lipinski definition) is 2. The molecule has 1 unspecified atom stereocenters. The molecule has 5 heteroatoms. The molecule has 1 aliphatic rings. The Labute approximate surface area is 133 Å². The van der Waals surface area contributed by atoms with Crippen molar-refractivity contribution in [3.63, 3.8) is 0 Å². The van der Waals surface area contributed by atoms with Crippen LogP contribution < -0.4 is 15.4 Å². The molecule has 1 aromatic carbocycles. The number of likely N-dealkylation sites (tertiary alicyclic amines) is 1. The Kier molecular flexibility index (Phi) is 6.52. The summed E-state index contributed by atoms with van der Waals surface area (Å²) in [5, 5.41) is 6.77. The Morgan fingerprint density at radius 3 is 2.68 bits per heavy atom. The summed E-state index contributed by atoms with van der Waals surface area (Å²) in [6.45, 7) is 5.78. The largest absolute Gasteiger partial charge is 0.497 e. The van der Waals surface area contributed by atoms with Gasteiger partial charge in [-0.1, -0.05) is 12.1 Å². The molecule has 1 fully saturated rings. The quantitative estimate of drug-likeness (QED) is 0.622. The molecule has 0 amide bonds. The Bertz CT molecular complexity index is 472. The molecule has 0 bridgehead atoms. The normalized spacial score (nSPS) is 19.2. The Morgan fingerprint density at radius 2 is 2.09 bits per heavy atom. The molecule has 122 valence electrons. The van der Waals surface area contributed by atoms with E-state index in [0.717, 1.165) is 24.8 Å². The molecule has 0 saturated carbocycles. The minimum Gasteiger partial charge on any atom is -0.497 e. The first kappa shape index (κ1) is 16.6. The van der Waals surface area contributed by atoms with Gasteiger partial charge in [0.25, 0.3) is 0 Å². The second kappa shape index (κ2) is 8.63. The number of hydrogen-bond acceptors (Lipinski definition) is 3. The summed E-state index contributed by atoms with van der Waals surface area (Å²) in [5.41, 5.74) is 1.18. The van der Waals surface area contributed by atoms with Crippen LogP contribution in [0.15, 0.2) is 29.3 Å². The van der Waals surface area contributed by atoms with Gasteiger partial charge in [0, 0.05) is 19.1 Å². The maximum atomic E-state index is 5.17. The van der Waals surface area contributed by atoms with Crippen LogP contribution in [-0.2, 0) is 6.54 Å². The van der Waals surface area contributed by atoms with E-state index in [-0.39, 0.29) is 0 Å². The molecular weight excluding hydrogens is 276 g/mol. The van der Waals surface area contributed by atoms with Crippen molar-refractivity contribution >= 4 is 5.96 Å². The third kappa shape index (κ3) is 4.91. The first-order valence-electron chi connectivity index (χ1n) is 8.08. The summed E-state index contributed by atoms with van der Waals surface area (Å²) < 4.78 is 5.17. The number of nitrogens with zero attached hydrogens (tertiary/aromatic N) is 2. The lowest BCUT2D eigenvalue weighted by Crippen LogP contribution is -2.44. The number of guanidine groups is 1. The molecule has 0 radical (unpaired) electrons. The number of rotatable bonds is 6. The highest BCUT2D eigenvalue weighted by molar-refractivity contribution is 5.79. The Morgan fingerprint density at radius 1 is 1.32 bits per heavy atom. The van der Waals surface area contributed by atoms with Gasteiger partial charge in [-0.05, 0) is 51.1 Å². The first-order chi connectivity index (χ1) is 10.7. The third-order valence-corrected chi connectivity index (χ3v) is 4.10. The zero-order valence-corrected chi connectivity index (χ0v) is 13.9. The average molecular weight is 304 g/mol. The summed E-state index contributed by atoms with van der Waals surface area (Å²) in [6.07, 6.45) is 2.56. The molecule has 0 aromatic heterocycles. The molecule has 0 aliphatic carbocycles. The molecular formula is C17H28N4O. The number of ether oxygens (including phenoxy) is 1. The van der Waals surface area contributed by atoms with E-state index in [9.17, 15) is 0 Å². The van der Waals surface area contributed by atoms with Crippen molar-refractivity contribution in [3.8, 4) is 5.75 Å². The molecule has 1 aromatic rings. The number of benzene rings is 1. The van der Waals surface area contributed by atoms with E-state index in [4.69, 9.17) is 4.74 Å². The highest BCUT2D eigenvalue weighted by atomic mass is 16.5. The highest BCUT2D eigenvalue weighted by Crippen LogP contribution is 2.14. The van der Waals surface area contributed by atoms with Crippen LogP contribution >= 0.6 is 0 Å². The lowest BCUT2D eigenvalue weighted by atomic mass is 10.2. The maximum Gasteiger partial charge on any atom is 0.191 e. The second-order valence-electron chi connectivity index (χ2n) is 5.70. The van der Waals surface area contributed by atoms with E-state index in [2.05, 4.69) is 46.6 Å². The van der Waals surface area contributed by atoms with E-state index >= 15 is 0 Å². The predicted molar refractivity (Wildman–Crippen MR) is 91.5 cm³/mol. The molecule has 2 rings (SSSR count). The fourth-order valence-electron chi connectivity index (χ4n) is 2.69. The van der Waals surface area contributed by atoms with Gasteiger partial charge in [0.2, 0.25) is 0 Å². The van der Waals surface area contributed by atoms with Crippen molar-refractivity contribution in [1.82, 2.24) is 15.5 Å². The standard InChI is InChI=1S/C17H28N4O/c1-4-18-17(20-13-15-6-5-11-21(15)2)19-12-14-7-9-16(22-3)10-8-14/h7-10,15H,4-6,11-13H2,1-3H3,(H2,18,19,20). The lowest BCUT2D eigenvalue weighted by Gasteiger charge is -2.21. The smallest absolute Gasteiger partial charge is 0.191 e. The lowest BCUT2D eigenvalue weighted by molar-refractivity contribution is 0.309. The minimum atomic E-state index is 0.616. The molecule has 5 nitrogen and oxygen atoms in total. The molecule has 2 N–H and O–H groups in total. The number of methoxy groups -OCH3 is 1. The van der Waals surface area contributed by atoms with E-state index < -0.39 is 0 Å². The topological polar surface area (TPSA) is 48.9 Å². The molecule has 1 atom stereocenters. The van der Waals surface area contributed by atoms with Crippen LogP contribution in [0.1, 0.15) is 25.3 Å². The fourth-order valence-corrected chi connectivity index (χ4v) is 2.69. The monoisotopic (exact) mass is 304 g/mol. The van der Waals surface area contributed by atoms with Crippen LogP contribution in [0.5, 0.6) is 5.75 Å². The Hall–Kier alpha value is -1.75. The van der Waals surface area contributed by atoms with Crippen molar-refractivity contribution in [3.05, 3.63) is 29.8 Å². The first-order valence-corrected chi connectivity index (χ1v) is 8.08. The van der Waals surface area contributed by atoms with Gasteiger partial charge in [0.05, 0.1) is 13.7 Å². The van der Waals surface area contributed by atoms with Crippen molar-refractivity contribution in [2.24, 2.45) is 4.99 Å². The predicted octanol–water partition coefficient (Wildman–Crippen LogP) is 1.84. The molecule has 22 heavy (non-hydrogen) atoms. The van der Waals surface area contributed by atoms with Crippen LogP contribution in [-0.4, -0.2) is 50.7 Å². The fraction of sp³-hybridized carbons (Fsp3) is 0.588. The third-order valence-electron chi connectivity index (χ3n) is 4.10. The summed E-state index contributed by atoms with van der Waals surface area (Å²) in [5.74, 6) is 1.76. The summed E-state index contributed by atoms with van der Waals surface area (Å²) in [4.78, 5) is 7.08. The second-order valence-corrected chi connectivity index (χ2v) is 5.70. The van der Waals surface area contributed by atoms with Crippen LogP contribution in [0.4, 0.5) is 0 Å². The number of nitrogens with one attached hydrogen (secondary N) is 2. The SMILES string of the molecule is CCNC(=NCc1ccc(OC)cc1)NCC1CCCN1C. The van der Waals surface area contributed by atoms with Gasteiger partial charge in [-0.15, -0.1) is 0 Å². The van der Waals surface area contributed by atoms with Gasteiger partial charge in [-0.2, -0.15) is 0 Å². The van der Waals surface area contributed by atoms with Crippen molar-refractivity contribution in [2.75, 3.05) is 33.8 Å². The van der Waals surface area contributed by atoms with Gasteiger partial charge in [0.15, 0.2) is 5.96 Å². The number of likely N-dealkylation sites (N-methyl/N-ethyl adjacent to an activating group) is 1. The Balaban J connectivity index is 1.88. The summed E-state index contributed by atoms with van der Waals surface area (Å²) in [7, 11) is 3.88. The summed E-state index contributed by atoms with van der Waals surface area (Å²) in [6, 6.07) is 8.66. The van der Waals surface area contributed by atoms with Gasteiger partial charge in [-0.3, -0.25) is 0 Å². The molecule has 1 saturated heterocycles. The van der Waals surface area contributed by atoms with E-state index in [1.54, 1.807) is 7.11 Å². The van der Waals surface area contributed by atoms with E-state index in [1.807, 2.05) is 12.1 Å². The maximum absolute atomic E-state index is 5.17. The molecule has 0 spiro atoms. The van der Waals surface area contributed by atoms with Crippen molar-refractivity contribution < 1.29 is 4.74 Å². The molecule has 1 aliphatic heterocycles. The van der Waals surface area contributed by atoms with Crippen molar-refractivity contribution in [1.29, 1.82) is 0 Å². The minimum absolute atomic E-state index is 0.616. The highest BCUT2D eigenvalue weighted by Gasteiger charge is 2.20. The van der Waals surface area contributed by atoms with Crippen LogP contribution in [0.3, 0.4) is 0 Å². The van der Waals surface area contributed by atoms with Crippen LogP contribution in [0.25, 0.3) is 0 Å². The van der Waals surface area contributed by atoms with Crippen molar-refractivity contribution in [2.45, 2.75) is 32.4 Å². The van der Waals surface area contributed by atoms with Crippen LogP contribution in [0, 0.1) is 0 Å². The number of aliphatic imine (C=N–C) groups is 1. The van der Waals surface area contributed by atoms with E-state index in [0.29, 0.717) is 12.6 Å². The van der Waals surface area contributed by atoms with Gasteiger partial charge < -0.3 is 20.3 Å².